The van der Waals surface area contributed by atoms with Gasteiger partial charge in [0.15, 0.2) is 9.84 Å². The van der Waals surface area contributed by atoms with E-state index in [1.807, 2.05) is 24.3 Å². The Kier molecular flexibility index (Phi) is 3.45. The Labute approximate surface area is 114 Å². The van der Waals surface area contributed by atoms with E-state index in [0.717, 1.165) is 16.3 Å². The number of anilines is 1. The van der Waals surface area contributed by atoms with E-state index in [0.29, 0.717) is 6.54 Å². The molecule has 0 aliphatic heterocycles. The number of halogens is 1. The van der Waals surface area contributed by atoms with Crippen LogP contribution >= 0.6 is 15.9 Å². The van der Waals surface area contributed by atoms with Crippen LogP contribution in [0.3, 0.4) is 0 Å². The Morgan fingerprint density at radius 2 is 2.06 bits per heavy atom. The van der Waals surface area contributed by atoms with Gasteiger partial charge in [-0.1, -0.05) is 34.1 Å². The third-order valence-electron chi connectivity index (χ3n) is 2.52. The van der Waals surface area contributed by atoms with Crippen LogP contribution in [0.2, 0.25) is 0 Å². The molecule has 18 heavy (non-hydrogen) atoms. The molecule has 0 fully saturated rings. The molecule has 0 saturated carbocycles. The smallest absolute Gasteiger partial charge is 0.180 e. The number of nitrogen functional groups attached to an aromatic ring is 1. The molecule has 96 valence electrons. The highest BCUT2D eigenvalue weighted by molar-refractivity contribution is 9.10. The van der Waals surface area contributed by atoms with Crippen molar-refractivity contribution in [2.45, 2.75) is 11.4 Å². The number of nitrogens with two attached hydrogens (primary N) is 1. The Morgan fingerprint density at radius 1 is 1.39 bits per heavy atom. The van der Waals surface area contributed by atoms with Gasteiger partial charge in [0, 0.05) is 10.7 Å². The Hall–Kier alpha value is -1.34. The minimum atomic E-state index is -3.34. The highest BCUT2D eigenvalue weighted by Gasteiger charge is 2.17. The average molecular weight is 330 g/mol. The normalized spacial score (nSPS) is 11.7. The van der Waals surface area contributed by atoms with Crippen molar-refractivity contribution in [1.82, 2.24) is 9.78 Å². The fraction of sp³-hybridized carbons (Fsp3) is 0.182. The van der Waals surface area contributed by atoms with Gasteiger partial charge in [0.05, 0.1) is 12.7 Å². The van der Waals surface area contributed by atoms with E-state index < -0.39 is 9.84 Å². The number of nitrogens with zero attached hydrogens (tertiary/aromatic N) is 2. The van der Waals surface area contributed by atoms with Gasteiger partial charge in [-0.05, 0) is 11.6 Å². The van der Waals surface area contributed by atoms with Gasteiger partial charge in [-0.25, -0.2) is 13.1 Å². The maximum atomic E-state index is 11.4. The highest BCUT2D eigenvalue weighted by Crippen LogP contribution is 2.21. The lowest BCUT2D eigenvalue weighted by molar-refractivity contribution is 0.602. The molecule has 2 aromatic rings. The molecule has 0 aliphatic rings. The number of aromatic nitrogens is 2. The fourth-order valence-electron chi connectivity index (χ4n) is 1.58. The van der Waals surface area contributed by atoms with Gasteiger partial charge in [0.2, 0.25) is 0 Å². The molecule has 0 radical (unpaired) electrons. The van der Waals surface area contributed by atoms with Crippen molar-refractivity contribution in [2.24, 2.45) is 0 Å². The van der Waals surface area contributed by atoms with Crippen LogP contribution in [0.5, 0.6) is 0 Å². The molecule has 1 heterocycles. The van der Waals surface area contributed by atoms with Crippen LogP contribution in [0, 0.1) is 0 Å². The molecule has 0 aliphatic carbocycles. The second-order valence-corrected chi connectivity index (χ2v) is 6.75. The topological polar surface area (TPSA) is 78.0 Å². The third kappa shape index (κ3) is 2.56. The van der Waals surface area contributed by atoms with Gasteiger partial charge in [-0.2, -0.15) is 5.10 Å². The largest absolute Gasteiger partial charge is 0.383 e. The molecule has 2 N–H and O–H groups in total. The molecule has 0 unspecified atom stereocenters. The van der Waals surface area contributed by atoms with Gasteiger partial charge in [0.25, 0.3) is 0 Å². The molecule has 1 aromatic carbocycles. The molecule has 7 heteroatoms. The van der Waals surface area contributed by atoms with Gasteiger partial charge in [-0.15, -0.1) is 0 Å². The quantitative estimate of drug-likeness (QED) is 0.929. The first-order valence-electron chi connectivity index (χ1n) is 5.14. The summed E-state index contributed by atoms with van der Waals surface area (Å²) in [6, 6.07) is 7.64. The van der Waals surface area contributed by atoms with Gasteiger partial charge < -0.3 is 5.73 Å². The predicted octanol–water partition coefficient (Wildman–Crippen LogP) is 1.68. The summed E-state index contributed by atoms with van der Waals surface area (Å²) in [5.74, 6) is 0.160. The molecular formula is C11H12BrN3O2S. The summed E-state index contributed by atoms with van der Waals surface area (Å²) in [6.45, 7) is 0.419. The van der Waals surface area contributed by atoms with E-state index in [1.54, 1.807) is 0 Å². The van der Waals surface area contributed by atoms with Crippen molar-refractivity contribution in [2.75, 3.05) is 12.0 Å². The molecule has 0 bridgehead atoms. The first kappa shape index (κ1) is 13.1. The van der Waals surface area contributed by atoms with Crippen molar-refractivity contribution in [3.63, 3.8) is 0 Å². The summed E-state index contributed by atoms with van der Waals surface area (Å²) in [6.07, 6.45) is 2.39. The van der Waals surface area contributed by atoms with Crippen molar-refractivity contribution in [1.29, 1.82) is 0 Å². The molecule has 0 atom stereocenters. The van der Waals surface area contributed by atoms with E-state index in [-0.39, 0.29) is 10.7 Å². The zero-order valence-corrected chi connectivity index (χ0v) is 12.1. The van der Waals surface area contributed by atoms with E-state index in [2.05, 4.69) is 21.0 Å². The molecule has 0 saturated heterocycles. The second kappa shape index (κ2) is 4.74. The summed E-state index contributed by atoms with van der Waals surface area (Å²) in [4.78, 5) is 0.0644. The van der Waals surface area contributed by atoms with Crippen molar-refractivity contribution in [3.05, 3.63) is 40.5 Å². The van der Waals surface area contributed by atoms with E-state index in [9.17, 15) is 8.42 Å². The van der Waals surface area contributed by atoms with Crippen LogP contribution in [0.25, 0.3) is 0 Å². The average Bonchev–Trinajstić information content (AvgIpc) is 2.63. The molecule has 2 rings (SSSR count). The SMILES string of the molecule is CS(=O)(=O)c1cnn(Cc2ccccc2Br)c1N. The first-order chi connectivity index (χ1) is 8.39. The predicted molar refractivity (Wildman–Crippen MR) is 73.0 cm³/mol. The number of sulfone groups is 1. The zero-order chi connectivity index (χ0) is 13.3. The second-order valence-electron chi connectivity index (χ2n) is 3.92. The summed E-state index contributed by atoms with van der Waals surface area (Å²) in [7, 11) is -3.34. The number of benzene rings is 1. The number of hydrogen-bond acceptors (Lipinski definition) is 4. The summed E-state index contributed by atoms with van der Waals surface area (Å²) >= 11 is 3.42. The first-order valence-corrected chi connectivity index (χ1v) is 7.83. The van der Waals surface area contributed by atoms with Crippen LogP contribution < -0.4 is 5.73 Å². The third-order valence-corrected chi connectivity index (χ3v) is 4.41. The van der Waals surface area contributed by atoms with Crippen LogP contribution in [0.15, 0.2) is 39.8 Å². The van der Waals surface area contributed by atoms with E-state index in [1.165, 1.54) is 10.9 Å². The molecular weight excluding hydrogens is 318 g/mol. The van der Waals surface area contributed by atoms with E-state index >= 15 is 0 Å². The molecule has 1 aromatic heterocycles. The summed E-state index contributed by atoms with van der Waals surface area (Å²) in [5.41, 5.74) is 6.77. The van der Waals surface area contributed by atoms with Gasteiger partial charge >= 0.3 is 0 Å². The standard InChI is InChI=1S/C11H12BrN3O2S/c1-18(16,17)10-6-14-15(11(10)13)7-8-4-2-3-5-9(8)12/h2-6H,7,13H2,1H3. The fourth-order valence-corrected chi connectivity index (χ4v) is 2.71. The Bertz CT molecular complexity index is 679. The summed E-state index contributed by atoms with van der Waals surface area (Å²) in [5, 5.41) is 4.01. The molecule has 0 spiro atoms. The lowest BCUT2D eigenvalue weighted by atomic mass is 10.2. The number of rotatable bonds is 3. The van der Waals surface area contributed by atoms with Gasteiger partial charge in [0.1, 0.15) is 10.7 Å². The molecule has 5 nitrogen and oxygen atoms in total. The minimum Gasteiger partial charge on any atom is -0.383 e. The van der Waals surface area contributed by atoms with Crippen molar-refractivity contribution < 1.29 is 8.42 Å². The lowest BCUT2D eigenvalue weighted by Crippen LogP contribution is -2.08. The van der Waals surface area contributed by atoms with Crippen LogP contribution in [0.1, 0.15) is 5.56 Å². The minimum absolute atomic E-state index is 0.0644. The van der Waals surface area contributed by atoms with Crippen LogP contribution in [0.4, 0.5) is 5.82 Å². The van der Waals surface area contributed by atoms with E-state index in [4.69, 9.17) is 5.73 Å². The maximum Gasteiger partial charge on any atom is 0.180 e. The zero-order valence-electron chi connectivity index (χ0n) is 9.67. The lowest BCUT2D eigenvalue weighted by Gasteiger charge is -2.06. The number of hydrogen-bond donors (Lipinski definition) is 1. The monoisotopic (exact) mass is 329 g/mol. The molecule has 0 amide bonds. The van der Waals surface area contributed by atoms with Crippen LogP contribution in [-0.4, -0.2) is 24.5 Å². The summed E-state index contributed by atoms with van der Waals surface area (Å²) < 4.78 is 25.3. The maximum absolute atomic E-state index is 11.4. The Morgan fingerprint density at radius 3 is 2.61 bits per heavy atom. The van der Waals surface area contributed by atoms with Crippen LogP contribution in [-0.2, 0) is 16.4 Å². The van der Waals surface area contributed by atoms with Gasteiger partial charge in [-0.3, -0.25) is 0 Å². The van der Waals surface area contributed by atoms with Crippen molar-refractivity contribution >= 4 is 31.6 Å². The highest BCUT2D eigenvalue weighted by atomic mass is 79.9. The Balaban J connectivity index is 2.38. The van der Waals surface area contributed by atoms with Crippen molar-refractivity contribution in [3.8, 4) is 0 Å².